The second kappa shape index (κ2) is 35.1. The molecule has 0 radical (unpaired) electrons. The van der Waals surface area contributed by atoms with Crippen LogP contribution < -0.4 is 14.2 Å². The molecular weight excluding hydrogens is 1170 g/mol. The van der Waals surface area contributed by atoms with E-state index in [4.69, 9.17) is 52.1 Å². The zero-order valence-corrected chi connectivity index (χ0v) is 52.9. The lowest BCUT2D eigenvalue weighted by atomic mass is 9.69. The summed E-state index contributed by atoms with van der Waals surface area (Å²) >= 11 is 0. The molecule has 22 heteroatoms. The number of benzene rings is 2. The lowest BCUT2D eigenvalue weighted by Gasteiger charge is -2.36. The molecule has 4 aliphatic rings. The van der Waals surface area contributed by atoms with Crippen LogP contribution in [0.4, 0.5) is 0 Å². The normalized spacial score (nSPS) is 21.8. The van der Waals surface area contributed by atoms with Crippen LogP contribution in [-0.2, 0) is 90.6 Å². The van der Waals surface area contributed by atoms with Crippen molar-refractivity contribution in [2.45, 2.75) is 163 Å². The highest BCUT2D eigenvalue weighted by atomic mass is 16.6. The predicted molar refractivity (Wildman–Crippen MR) is 322 cm³/mol. The van der Waals surface area contributed by atoms with Gasteiger partial charge in [-0.3, -0.25) is 43.2 Å². The minimum absolute atomic E-state index is 0.0155. The maximum Gasteiger partial charge on any atom is 0.330 e. The molecule has 0 atom stereocenters. The molecule has 494 valence electrons. The molecule has 4 saturated carbocycles. The van der Waals surface area contributed by atoms with Gasteiger partial charge in [0, 0.05) is 35.3 Å². The topological polar surface area (TPSA) is 289 Å². The first-order chi connectivity index (χ1) is 42.9. The van der Waals surface area contributed by atoms with Crippen molar-refractivity contribution in [2.24, 2.45) is 58.2 Å². The van der Waals surface area contributed by atoms with E-state index >= 15 is 0 Å². The summed E-state index contributed by atoms with van der Waals surface area (Å²) in [4.78, 5) is 137. The van der Waals surface area contributed by atoms with E-state index in [1.165, 1.54) is 6.92 Å². The highest BCUT2D eigenvalue weighted by molar-refractivity contribution is 6.01. The summed E-state index contributed by atoms with van der Waals surface area (Å²) < 4.78 is 59.4. The Bertz CT molecular complexity index is 2850. The molecular formula is C68H90O22. The van der Waals surface area contributed by atoms with E-state index in [0.717, 1.165) is 63.5 Å². The lowest BCUT2D eigenvalue weighted by Crippen LogP contribution is -2.32. The van der Waals surface area contributed by atoms with Gasteiger partial charge in [0.25, 0.3) is 0 Å². The molecule has 4 aliphatic carbocycles. The highest BCUT2D eigenvalue weighted by Gasteiger charge is 2.38. The van der Waals surface area contributed by atoms with Gasteiger partial charge < -0.3 is 52.1 Å². The molecule has 2 aromatic rings. The molecule has 0 amide bonds. The molecule has 0 N–H and O–H groups in total. The van der Waals surface area contributed by atoms with Gasteiger partial charge in [-0.05, 0) is 145 Å². The van der Waals surface area contributed by atoms with Crippen LogP contribution in [0.1, 0.15) is 163 Å². The van der Waals surface area contributed by atoms with Crippen molar-refractivity contribution in [3.8, 4) is 17.2 Å². The summed E-state index contributed by atoms with van der Waals surface area (Å²) in [5.74, 6) is -4.73. The van der Waals surface area contributed by atoms with E-state index in [1.807, 2.05) is 0 Å². The monoisotopic (exact) mass is 1260 g/mol. The number of hydrogen-bond donors (Lipinski definition) is 0. The van der Waals surface area contributed by atoms with Gasteiger partial charge >= 0.3 is 65.7 Å². The molecule has 22 nitrogen and oxygen atoms in total. The van der Waals surface area contributed by atoms with E-state index in [0.29, 0.717) is 85.8 Å². The zero-order valence-electron chi connectivity index (χ0n) is 52.9. The maximum atomic E-state index is 13.9. The molecule has 0 aliphatic heterocycles. The van der Waals surface area contributed by atoms with Crippen LogP contribution in [0.15, 0.2) is 55.6 Å². The molecule has 0 spiro atoms. The molecule has 4 fully saturated rings. The van der Waals surface area contributed by atoms with Crippen molar-refractivity contribution < 1.29 is 105 Å². The molecule has 6 rings (SSSR count). The average Bonchev–Trinajstić information content (AvgIpc) is 0.849. The number of rotatable bonds is 31. The number of esters is 11. The Hall–Kier alpha value is -7.65. The fourth-order valence-electron chi connectivity index (χ4n) is 12.2. The van der Waals surface area contributed by atoms with Gasteiger partial charge in [0.15, 0.2) is 0 Å². The van der Waals surface area contributed by atoms with Gasteiger partial charge in [-0.1, -0.05) is 53.0 Å². The zero-order chi connectivity index (χ0) is 65.4. The van der Waals surface area contributed by atoms with Gasteiger partial charge in [0.1, 0.15) is 43.7 Å². The largest absolute Gasteiger partial charge is 0.465 e. The van der Waals surface area contributed by atoms with Crippen LogP contribution in [0.5, 0.6) is 17.2 Å². The smallest absolute Gasteiger partial charge is 0.330 e. The number of carbonyl (C=O) groups is 11. The van der Waals surface area contributed by atoms with Crippen molar-refractivity contribution in [3.63, 3.8) is 0 Å². The summed E-state index contributed by atoms with van der Waals surface area (Å²) in [5.41, 5.74) is -1.26. The summed E-state index contributed by atoms with van der Waals surface area (Å²) in [6.45, 7) is 14.5. The van der Waals surface area contributed by atoms with E-state index in [1.54, 1.807) is 58.0 Å². The Balaban J connectivity index is 0.860. The molecule has 2 aromatic carbocycles. The molecule has 0 unspecified atom stereocenters. The number of carbonyl (C=O) groups excluding carboxylic acids is 11. The third-order valence-corrected chi connectivity index (χ3v) is 17.4. The first kappa shape index (κ1) is 71.4. The van der Waals surface area contributed by atoms with Crippen molar-refractivity contribution in [2.75, 3.05) is 52.9 Å². The van der Waals surface area contributed by atoms with Crippen molar-refractivity contribution in [3.05, 3.63) is 55.6 Å². The number of hydrogen-bond acceptors (Lipinski definition) is 22. The average molecular weight is 1260 g/mol. The number of ether oxygens (including phenoxy) is 11. The third-order valence-electron chi connectivity index (χ3n) is 17.4. The molecule has 0 saturated heterocycles. The van der Waals surface area contributed by atoms with Crippen molar-refractivity contribution in [1.29, 1.82) is 0 Å². The van der Waals surface area contributed by atoms with Gasteiger partial charge in [-0.25, -0.2) is 9.59 Å². The van der Waals surface area contributed by atoms with E-state index < -0.39 is 58.6 Å². The number of fused-ring (bicyclic) bond motifs is 1. The Morgan fingerprint density at radius 3 is 1.07 bits per heavy atom. The molecule has 0 bridgehead atoms. The Morgan fingerprint density at radius 2 is 0.700 bits per heavy atom. The van der Waals surface area contributed by atoms with Crippen LogP contribution in [-0.4, -0.2) is 119 Å². The standard InChI is InChI=1S/C68H90O22/c1-8-56(70)84-39-67(4,5)41-86-60(74)33-31-58(72)80-35-37-82-63(76)48-21-13-44(14-22-48)46-17-25-50(26-18-46)65(78)89-53-29-30-55(62-52(53)11-10-12-54(62)88-43(3)69)90-66(79)51-27-19-47(20-28-51)45-15-23-49(24-16-45)64(77)83-38-36-81-59(73)32-34-61(75)87-42-68(6,7)40-85-57(71)9-2/h8-12,29-30,44-51H,1-2,13-28,31-42H2,3-7H3. The molecule has 0 heterocycles. The van der Waals surface area contributed by atoms with Crippen molar-refractivity contribution in [1.82, 2.24) is 0 Å². The SMILES string of the molecule is C=CC(=O)OCC(C)(C)COC(=O)CCC(=O)OCCOC(=O)C1CCC(C2CCC(C(=O)Oc3ccc(OC(=O)C4CCC(C5CCC(C(=O)OCCOC(=O)CCC(=O)OCC(C)(C)COC(=O)C=C)CC5)CC4)c4c(OC(C)=O)cccc34)CC2)CC1. The first-order valence-corrected chi connectivity index (χ1v) is 31.6. The van der Waals surface area contributed by atoms with Gasteiger partial charge in [-0.15, -0.1) is 0 Å². The summed E-state index contributed by atoms with van der Waals surface area (Å²) in [6, 6.07) is 8.17. The first-order valence-electron chi connectivity index (χ1n) is 31.6. The summed E-state index contributed by atoms with van der Waals surface area (Å²) in [5, 5.41) is 0.777. The second-order valence-corrected chi connectivity index (χ2v) is 25.7. The van der Waals surface area contributed by atoms with Crippen molar-refractivity contribution >= 4 is 76.4 Å². The Labute approximate surface area is 526 Å². The molecule has 90 heavy (non-hydrogen) atoms. The lowest BCUT2D eigenvalue weighted by molar-refractivity contribution is -0.158. The molecule has 0 aromatic heterocycles. The van der Waals surface area contributed by atoms with E-state index in [9.17, 15) is 52.7 Å². The Kier molecular flexibility index (Phi) is 27.8. The fraction of sp³-hybridized carbons (Fsp3) is 0.632. The van der Waals surface area contributed by atoms with E-state index in [2.05, 4.69) is 13.2 Å². The second-order valence-electron chi connectivity index (χ2n) is 25.7. The summed E-state index contributed by atoms with van der Waals surface area (Å²) in [7, 11) is 0. The van der Waals surface area contributed by atoms with Gasteiger partial charge in [0.05, 0.1) is 81.2 Å². The van der Waals surface area contributed by atoms with E-state index in [-0.39, 0.29) is 137 Å². The van der Waals surface area contributed by atoms with Crippen LogP contribution >= 0.6 is 0 Å². The maximum absolute atomic E-state index is 13.9. The van der Waals surface area contributed by atoms with Crippen LogP contribution in [0.2, 0.25) is 0 Å². The quantitative estimate of drug-likeness (QED) is 0.0223. The van der Waals surface area contributed by atoms with Gasteiger partial charge in [0.2, 0.25) is 0 Å². The predicted octanol–water partition coefficient (Wildman–Crippen LogP) is 10.1. The summed E-state index contributed by atoms with van der Waals surface area (Å²) in [6.07, 6.45) is 13.2. The Morgan fingerprint density at radius 1 is 0.389 bits per heavy atom. The highest BCUT2D eigenvalue weighted by Crippen LogP contribution is 2.46. The fourth-order valence-corrected chi connectivity index (χ4v) is 12.2. The minimum Gasteiger partial charge on any atom is -0.465 e. The van der Waals surface area contributed by atoms with Gasteiger partial charge in [-0.2, -0.15) is 0 Å². The third kappa shape index (κ3) is 23.3. The van der Waals surface area contributed by atoms with Crippen LogP contribution in [0, 0.1) is 58.2 Å². The van der Waals surface area contributed by atoms with Crippen LogP contribution in [0.3, 0.4) is 0 Å². The van der Waals surface area contributed by atoms with Crippen LogP contribution in [0.25, 0.3) is 10.8 Å². The minimum atomic E-state index is -0.633.